The molecule has 2 aromatic rings. The van der Waals surface area contributed by atoms with Crippen molar-refractivity contribution in [2.45, 2.75) is 33.2 Å². The highest BCUT2D eigenvalue weighted by Crippen LogP contribution is 2.23. The number of piperidine rings is 1. The van der Waals surface area contributed by atoms with Crippen molar-refractivity contribution in [2.24, 2.45) is 5.92 Å². The number of rotatable bonds is 4. The van der Waals surface area contributed by atoms with Crippen LogP contribution >= 0.6 is 12.2 Å². The van der Waals surface area contributed by atoms with Crippen molar-refractivity contribution < 1.29 is 0 Å². The summed E-state index contributed by atoms with van der Waals surface area (Å²) < 4.78 is 0. The van der Waals surface area contributed by atoms with Crippen molar-refractivity contribution in [3.8, 4) is 0 Å². The van der Waals surface area contributed by atoms with Gasteiger partial charge in [0.2, 0.25) is 0 Å². The third kappa shape index (κ3) is 4.92. The van der Waals surface area contributed by atoms with Gasteiger partial charge in [-0.2, -0.15) is 0 Å². The van der Waals surface area contributed by atoms with E-state index in [9.17, 15) is 0 Å². The van der Waals surface area contributed by atoms with E-state index in [0.717, 1.165) is 23.8 Å². The molecule has 1 aromatic heterocycles. The maximum absolute atomic E-state index is 5.37. The average Bonchev–Trinajstić information content (AvgIpc) is 2.62. The summed E-state index contributed by atoms with van der Waals surface area (Å²) in [5.41, 5.74) is 3.61. The van der Waals surface area contributed by atoms with E-state index in [1.807, 2.05) is 19.1 Å². The number of anilines is 2. The molecule has 5 heteroatoms. The molecule has 1 unspecified atom stereocenters. The van der Waals surface area contributed by atoms with Gasteiger partial charge in [0.25, 0.3) is 0 Å². The second kappa shape index (κ2) is 8.30. The number of thiocarbonyl (C=S) groups is 1. The Kier molecular flexibility index (Phi) is 5.87. The van der Waals surface area contributed by atoms with Gasteiger partial charge in [0, 0.05) is 31.5 Å². The minimum atomic E-state index is 0.593. The lowest BCUT2D eigenvalue weighted by Crippen LogP contribution is -2.34. The van der Waals surface area contributed by atoms with Crippen molar-refractivity contribution >= 4 is 28.8 Å². The Balaban J connectivity index is 1.51. The molecule has 1 atom stereocenters. The molecule has 2 N–H and O–H groups in total. The molecule has 1 aromatic carbocycles. The third-order valence-corrected chi connectivity index (χ3v) is 4.90. The van der Waals surface area contributed by atoms with Crippen LogP contribution in [0.5, 0.6) is 0 Å². The van der Waals surface area contributed by atoms with E-state index < -0.39 is 0 Å². The van der Waals surface area contributed by atoms with Crippen molar-refractivity contribution in [2.75, 3.05) is 23.3 Å². The lowest BCUT2D eigenvalue weighted by Gasteiger charge is -2.32. The quantitative estimate of drug-likeness (QED) is 0.809. The van der Waals surface area contributed by atoms with E-state index in [1.165, 1.54) is 30.6 Å². The number of nitrogens with one attached hydrogen (secondary N) is 2. The van der Waals surface area contributed by atoms with Crippen molar-refractivity contribution in [1.29, 1.82) is 0 Å². The summed E-state index contributed by atoms with van der Waals surface area (Å²) in [4.78, 5) is 6.79. The molecular weight excluding hydrogens is 328 g/mol. The summed E-state index contributed by atoms with van der Waals surface area (Å²) in [6, 6.07) is 12.7. The molecule has 0 radical (unpaired) electrons. The van der Waals surface area contributed by atoms with Crippen LogP contribution in [0.25, 0.3) is 0 Å². The summed E-state index contributed by atoms with van der Waals surface area (Å²) in [7, 11) is 0. The van der Waals surface area contributed by atoms with Crippen LogP contribution in [-0.2, 0) is 6.54 Å². The summed E-state index contributed by atoms with van der Waals surface area (Å²) in [6.07, 6.45) is 4.40. The molecule has 2 heterocycles. The Hall–Kier alpha value is -2.14. The lowest BCUT2D eigenvalue weighted by atomic mass is 9.99. The Morgan fingerprint density at radius 2 is 2.08 bits per heavy atom. The fourth-order valence-corrected chi connectivity index (χ4v) is 3.37. The SMILES string of the molecule is Cc1cccnc1NC(=S)NCc1ccc(N2CCCC(C)C2)cc1. The molecule has 132 valence electrons. The number of benzene rings is 1. The number of aromatic nitrogens is 1. The van der Waals surface area contributed by atoms with Gasteiger partial charge in [0.1, 0.15) is 5.82 Å². The average molecular weight is 355 g/mol. The van der Waals surface area contributed by atoms with Gasteiger partial charge in [-0.15, -0.1) is 0 Å². The maximum atomic E-state index is 5.37. The zero-order valence-electron chi connectivity index (χ0n) is 15.0. The molecule has 1 fully saturated rings. The van der Waals surface area contributed by atoms with Crippen molar-refractivity contribution in [3.05, 3.63) is 53.7 Å². The molecule has 0 aliphatic carbocycles. The summed E-state index contributed by atoms with van der Waals surface area (Å²) in [6.45, 7) is 7.38. The molecule has 1 saturated heterocycles. The molecule has 1 aliphatic rings. The second-order valence-electron chi connectivity index (χ2n) is 6.84. The lowest BCUT2D eigenvalue weighted by molar-refractivity contribution is 0.447. The summed E-state index contributed by atoms with van der Waals surface area (Å²) in [5, 5.41) is 6.99. The Morgan fingerprint density at radius 3 is 2.80 bits per heavy atom. The van der Waals surface area contributed by atoms with E-state index in [4.69, 9.17) is 12.2 Å². The smallest absolute Gasteiger partial charge is 0.172 e. The molecule has 1 aliphatic heterocycles. The number of nitrogens with zero attached hydrogens (tertiary/aromatic N) is 2. The van der Waals surface area contributed by atoms with Gasteiger partial charge >= 0.3 is 0 Å². The maximum Gasteiger partial charge on any atom is 0.172 e. The number of hydrogen-bond acceptors (Lipinski definition) is 3. The first-order chi connectivity index (χ1) is 12.1. The minimum absolute atomic E-state index is 0.593. The molecule has 0 spiro atoms. The fraction of sp³-hybridized carbons (Fsp3) is 0.400. The zero-order chi connectivity index (χ0) is 17.6. The van der Waals surface area contributed by atoms with Crippen LogP contribution in [0.3, 0.4) is 0 Å². The standard InChI is InChI=1S/C20H26N4S/c1-15-5-4-12-24(14-15)18-9-7-17(8-10-18)13-22-20(25)23-19-16(2)6-3-11-21-19/h3,6-11,15H,4-5,12-14H2,1-2H3,(H2,21,22,23,25). The molecule has 3 rings (SSSR count). The van der Waals surface area contributed by atoms with Crippen LogP contribution in [0.15, 0.2) is 42.6 Å². The molecule has 0 amide bonds. The highest BCUT2D eigenvalue weighted by molar-refractivity contribution is 7.80. The van der Waals surface area contributed by atoms with Crippen molar-refractivity contribution in [1.82, 2.24) is 10.3 Å². The summed E-state index contributed by atoms with van der Waals surface area (Å²) in [5.74, 6) is 1.59. The van der Waals surface area contributed by atoms with Crippen LogP contribution in [-0.4, -0.2) is 23.2 Å². The highest BCUT2D eigenvalue weighted by atomic mass is 32.1. The van der Waals surface area contributed by atoms with E-state index in [-0.39, 0.29) is 0 Å². The van der Waals surface area contributed by atoms with E-state index in [1.54, 1.807) is 6.20 Å². The van der Waals surface area contributed by atoms with Gasteiger partial charge in [0.05, 0.1) is 0 Å². The molecule has 4 nitrogen and oxygen atoms in total. The van der Waals surface area contributed by atoms with Crippen LogP contribution in [0.1, 0.15) is 30.9 Å². The van der Waals surface area contributed by atoms with Crippen LogP contribution in [0, 0.1) is 12.8 Å². The van der Waals surface area contributed by atoms with Crippen LogP contribution in [0.2, 0.25) is 0 Å². The Labute approximate surface area is 155 Å². The highest BCUT2D eigenvalue weighted by Gasteiger charge is 2.16. The molecule has 0 saturated carbocycles. The van der Waals surface area contributed by atoms with E-state index in [0.29, 0.717) is 11.7 Å². The molecule has 25 heavy (non-hydrogen) atoms. The normalized spacial score (nSPS) is 17.2. The number of aryl methyl sites for hydroxylation is 1. The van der Waals surface area contributed by atoms with Crippen molar-refractivity contribution in [3.63, 3.8) is 0 Å². The second-order valence-corrected chi connectivity index (χ2v) is 7.24. The summed E-state index contributed by atoms with van der Waals surface area (Å²) >= 11 is 5.37. The van der Waals surface area contributed by atoms with Gasteiger partial charge in [-0.1, -0.05) is 25.1 Å². The molecule has 0 bridgehead atoms. The minimum Gasteiger partial charge on any atom is -0.371 e. The monoisotopic (exact) mass is 354 g/mol. The predicted molar refractivity (Wildman–Crippen MR) is 109 cm³/mol. The number of hydrogen-bond donors (Lipinski definition) is 2. The van der Waals surface area contributed by atoms with Gasteiger partial charge < -0.3 is 15.5 Å². The fourth-order valence-electron chi connectivity index (χ4n) is 3.20. The first kappa shape index (κ1) is 17.7. The largest absolute Gasteiger partial charge is 0.371 e. The molecular formula is C20H26N4S. The van der Waals surface area contributed by atoms with Crippen LogP contribution < -0.4 is 15.5 Å². The van der Waals surface area contributed by atoms with Gasteiger partial charge in [-0.25, -0.2) is 4.98 Å². The third-order valence-electron chi connectivity index (χ3n) is 4.65. The van der Waals surface area contributed by atoms with Gasteiger partial charge in [-0.3, -0.25) is 0 Å². The Morgan fingerprint density at radius 1 is 1.28 bits per heavy atom. The van der Waals surface area contributed by atoms with E-state index in [2.05, 4.69) is 51.7 Å². The number of pyridine rings is 1. The topological polar surface area (TPSA) is 40.2 Å². The van der Waals surface area contributed by atoms with Crippen LogP contribution in [0.4, 0.5) is 11.5 Å². The van der Waals surface area contributed by atoms with E-state index >= 15 is 0 Å². The zero-order valence-corrected chi connectivity index (χ0v) is 15.8. The first-order valence-electron chi connectivity index (χ1n) is 8.92. The Bertz CT molecular complexity index is 714. The first-order valence-corrected chi connectivity index (χ1v) is 9.33. The van der Waals surface area contributed by atoms with Gasteiger partial charge in [-0.05, 0) is 67.2 Å². The predicted octanol–water partition coefficient (Wildman–Crippen LogP) is 4.11. The van der Waals surface area contributed by atoms with Gasteiger partial charge in [0.15, 0.2) is 5.11 Å².